The number of carbonyl (C=O) groups excluding carboxylic acids is 1. The molecule has 0 N–H and O–H groups in total. The molecule has 104 valence electrons. The molecule has 2 rings (SSSR count). The molecule has 0 atom stereocenters. The average Bonchev–Trinajstić information content (AvgIpc) is 2.71. The van der Waals surface area contributed by atoms with Crippen LogP contribution in [0, 0.1) is 17.4 Å². The standard InChI is InChI=1S/C16H17IN2O/c1-4-19-12(3)15(11(2)18-19)9-10-16(20)13-5-7-14(17)8-6-13/h5-10H,4H2,1-3H3. The van der Waals surface area contributed by atoms with Gasteiger partial charge in [0.25, 0.3) is 0 Å². The molecular formula is C16H17IN2O. The van der Waals surface area contributed by atoms with Crippen molar-refractivity contribution in [3.63, 3.8) is 0 Å². The highest BCUT2D eigenvalue weighted by molar-refractivity contribution is 14.1. The Bertz CT molecular complexity index is 654. The molecule has 0 spiro atoms. The van der Waals surface area contributed by atoms with Crippen molar-refractivity contribution in [2.75, 3.05) is 0 Å². The summed E-state index contributed by atoms with van der Waals surface area (Å²) in [5, 5.41) is 4.44. The summed E-state index contributed by atoms with van der Waals surface area (Å²) in [6, 6.07) is 7.58. The molecule has 0 radical (unpaired) electrons. The second kappa shape index (κ2) is 6.35. The van der Waals surface area contributed by atoms with E-state index in [4.69, 9.17) is 0 Å². The predicted molar refractivity (Wildman–Crippen MR) is 89.9 cm³/mol. The SMILES string of the molecule is CCn1nc(C)c(C=CC(=O)c2ccc(I)cc2)c1C. The Morgan fingerprint density at radius 2 is 1.95 bits per heavy atom. The van der Waals surface area contributed by atoms with Crippen molar-refractivity contribution >= 4 is 34.5 Å². The van der Waals surface area contributed by atoms with E-state index in [0.717, 1.165) is 27.1 Å². The summed E-state index contributed by atoms with van der Waals surface area (Å²) in [6.45, 7) is 6.89. The van der Waals surface area contributed by atoms with E-state index in [9.17, 15) is 4.79 Å². The highest BCUT2D eigenvalue weighted by atomic mass is 127. The van der Waals surface area contributed by atoms with Crippen LogP contribution in [0.5, 0.6) is 0 Å². The molecule has 0 aliphatic heterocycles. The molecule has 2 aromatic rings. The molecule has 0 aliphatic carbocycles. The molecule has 0 fully saturated rings. The van der Waals surface area contributed by atoms with Gasteiger partial charge in [-0.2, -0.15) is 5.10 Å². The van der Waals surface area contributed by atoms with Gasteiger partial charge < -0.3 is 0 Å². The average molecular weight is 380 g/mol. The van der Waals surface area contributed by atoms with Gasteiger partial charge in [0.05, 0.1) is 5.69 Å². The van der Waals surface area contributed by atoms with E-state index in [1.807, 2.05) is 48.9 Å². The van der Waals surface area contributed by atoms with E-state index >= 15 is 0 Å². The molecule has 20 heavy (non-hydrogen) atoms. The van der Waals surface area contributed by atoms with E-state index in [1.54, 1.807) is 6.08 Å². The summed E-state index contributed by atoms with van der Waals surface area (Å²) < 4.78 is 3.07. The molecule has 1 aromatic carbocycles. The lowest BCUT2D eigenvalue weighted by molar-refractivity contribution is 0.104. The van der Waals surface area contributed by atoms with Gasteiger partial charge in [-0.15, -0.1) is 0 Å². The molecule has 4 heteroatoms. The minimum absolute atomic E-state index is 0.0180. The molecule has 0 unspecified atom stereocenters. The number of aromatic nitrogens is 2. The Morgan fingerprint density at radius 3 is 2.50 bits per heavy atom. The predicted octanol–water partition coefficient (Wildman–Crippen LogP) is 4.02. The topological polar surface area (TPSA) is 34.9 Å². The first-order valence-electron chi connectivity index (χ1n) is 6.55. The van der Waals surface area contributed by atoms with Gasteiger partial charge in [0.15, 0.2) is 5.78 Å². The minimum atomic E-state index is 0.0180. The molecule has 0 saturated carbocycles. The van der Waals surface area contributed by atoms with Crippen LogP contribution >= 0.6 is 22.6 Å². The number of nitrogens with zero attached hydrogens (tertiary/aromatic N) is 2. The van der Waals surface area contributed by atoms with Gasteiger partial charge in [0, 0.05) is 26.9 Å². The summed E-state index contributed by atoms with van der Waals surface area (Å²) >= 11 is 2.23. The van der Waals surface area contributed by atoms with Gasteiger partial charge in [-0.25, -0.2) is 0 Å². The number of rotatable bonds is 4. The van der Waals surface area contributed by atoms with Crippen molar-refractivity contribution in [1.29, 1.82) is 0 Å². The highest BCUT2D eigenvalue weighted by Gasteiger charge is 2.08. The third-order valence-electron chi connectivity index (χ3n) is 3.27. The van der Waals surface area contributed by atoms with Crippen LogP contribution < -0.4 is 0 Å². The Balaban J connectivity index is 2.23. The molecule has 0 bridgehead atoms. The fourth-order valence-corrected chi connectivity index (χ4v) is 2.49. The molecule has 0 aliphatic rings. The lowest BCUT2D eigenvalue weighted by Gasteiger charge is -1.99. The first-order valence-corrected chi connectivity index (χ1v) is 7.62. The van der Waals surface area contributed by atoms with E-state index in [-0.39, 0.29) is 5.78 Å². The van der Waals surface area contributed by atoms with E-state index in [1.165, 1.54) is 0 Å². The molecule has 3 nitrogen and oxygen atoms in total. The maximum Gasteiger partial charge on any atom is 0.185 e. The number of carbonyl (C=O) groups is 1. The Hall–Kier alpha value is -1.43. The molecular weight excluding hydrogens is 363 g/mol. The lowest BCUT2D eigenvalue weighted by atomic mass is 10.1. The maximum absolute atomic E-state index is 12.1. The first kappa shape index (κ1) is 15.0. The van der Waals surface area contributed by atoms with Crippen LogP contribution in [0.4, 0.5) is 0 Å². The number of hydrogen-bond donors (Lipinski definition) is 0. The lowest BCUT2D eigenvalue weighted by Crippen LogP contribution is -1.98. The molecule has 1 heterocycles. The maximum atomic E-state index is 12.1. The number of allylic oxidation sites excluding steroid dienone is 1. The largest absolute Gasteiger partial charge is 0.289 e. The second-order valence-electron chi connectivity index (χ2n) is 4.60. The van der Waals surface area contributed by atoms with Gasteiger partial charge in [0.1, 0.15) is 0 Å². The van der Waals surface area contributed by atoms with Crippen LogP contribution in [-0.4, -0.2) is 15.6 Å². The third-order valence-corrected chi connectivity index (χ3v) is 3.99. The normalized spacial score (nSPS) is 11.2. The van der Waals surface area contributed by atoms with Crippen molar-refractivity contribution in [1.82, 2.24) is 9.78 Å². The summed E-state index contributed by atoms with van der Waals surface area (Å²) in [6.07, 6.45) is 3.49. The number of ketones is 1. The van der Waals surface area contributed by atoms with Gasteiger partial charge >= 0.3 is 0 Å². The second-order valence-corrected chi connectivity index (χ2v) is 5.85. The van der Waals surface area contributed by atoms with Crippen molar-refractivity contribution in [2.45, 2.75) is 27.3 Å². The Labute approximate surface area is 132 Å². The van der Waals surface area contributed by atoms with Crippen molar-refractivity contribution in [3.8, 4) is 0 Å². The zero-order valence-corrected chi connectivity index (χ0v) is 14.0. The first-order chi connectivity index (χ1) is 9.52. The van der Waals surface area contributed by atoms with Crippen LogP contribution in [0.15, 0.2) is 30.3 Å². The number of aryl methyl sites for hydroxylation is 2. The van der Waals surface area contributed by atoms with E-state index in [2.05, 4.69) is 34.6 Å². The van der Waals surface area contributed by atoms with Crippen LogP contribution in [0.3, 0.4) is 0 Å². The minimum Gasteiger partial charge on any atom is -0.289 e. The van der Waals surface area contributed by atoms with Crippen molar-refractivity contribution in [2.24, 2.45) is 0 Å². The fourth-order valence-electron chi connectivity index (χ4n) is 2.13. The number of benzene rings is 1. The molecule has 1 aromatic heterocycles. The molecule has 0 saturated heterocycles. The van der Waals surface area contributed by atoms with E-state index < -0.39 is 0 Å². The number of hydrogen-bond acceptors (Lipinski definition) is 2. The summed E-state index contributed by atoms with van der Waals surface area (Å²) in [5.74, 6) is 0.0180. The van der Waals surface area contributed by atoms with Crippen LogP contribution in [0.25, 0.3) is 6.08 Å². The zero-order chi connectivity index (χ0) is 14.7. The fraction of sp³-hybridized carbons (Fsp3) is 0.250. The smallest absolute Gasteiger partial charge is 0.185 e. The quantitative estimate of drug-likeness (QED) is 0.456. The monoisotopic (exact) mass is 380 g/mol. The van der Waals surface area contributed by atoms with Crippen molar-refractivity contribution < 1.29 is 4.79 Å². The Kier molecular flexibility index (Phi) is 4.75. The van der Waals surface area contributed by atoms with E-state index in [0.29, 0.717) is 5.56 Å². The summed E-state index contributed by atoms with van der Waals surface area (Å²) in [7, 11) is 0. The zero-order valence-electron chi connectivity index (χ0n) is 11.9. The third kappa shape index (κ3) is 3.17. The number of halogens is 1. The van der Waals surface area contributed by atoms with Crippen molar-refractivity contribution in [3.05, 3.63) is 56.4 Å². The van der Waals surface area contributed by atoms with Gasteiger partial charge in [0.2, 0.25) is 0 Å². The molecule has 0 amide bonds. The van der Waals surface area contributed by atoms with Crippen LogP contribution in [-0.2, 0) is 6.54 Å². The van der Waals surface area contributed by atoms with Gasteiger partial charge in [-0.3, -0.25) is 9.48 Å². The summed E-state index contributed by atoms with van der Waals surface area (Å²) in [4.78, 5) is 12.1. The van der Waals surface area contributed by atoms with Gasteiger partial charge in [-0.05, 0) is 67.6 Å². The van der Waals surface area contributed by atoms with Crippen LogP contribution in [0.1, 0.15) is 34.2 Å². The summed E-state index contributed by atoms with van der Waals surface area (Å²) in [5.41, 5.74) is 3.79. The highest BCUT2D eigenvalue weighted by Crippen LogP contribution is 2.15. The Morgan fingerprint density at radius 1 is 1.30 bits per heavy atom. The van der Waals surface area contributed by atoms with Gasteiger partial charge in [-0.1, -0.05) is 12.1 Å². The van der Waals surface area contributed by atoms with Crippen LogP contribution in [0.2, 0.25) is 0 Å².